The van der Waals surface area contributed by atoms with Crippen molar-refractivity contribution in [3.8, 4) is 17.1 Å². The van der Waals surface area contributed by atoms with Crippen LogP contribution in [0.4, 0.5) is 0 Å². The maximum atomic E-state index is 12.1. The minimum absolute atomic E-state index is 0.164. The van der Waals surface area contributed by atoms with Gasteiger partial charge in [-0.05, 0) is 30.3 Å². The van der Waals surface area contributed by atoms with Crippen molar-refractivity contribution in [1.29, 1.82) is 0 Å². The van der Waals surface area contributed by atoms with Crippen LogP contribution >= 0.6 is 43.6 Å². The zero-order chi connectivity index (χ0) is 20.8. The molecule has 1 amide bonds. The first-order valence-electron chi connectivity index (χ1n) is 8.41. The Morgan fingerprint density at radius 3 is 2.79 bits per heavy atom. The van der Waals surface area contributed by atoms with Crippen molar-refractivity contribution in [2.75, 3.05) is 12.9 Å². The first kappa shape index (κ1) is 21.5. The zero-order valence-corrected chi connectivity index (χ0v) is 19.6. The first-order chi connectivity index (χ1) is 14.0. The smallest absolute Gasteiger partial charge is 0.250 e. The molecule has 0 saturated carbocycles. The van der Waals surface area contributed by atoms with Gasteiger partial charge >= 0.3 is 0 Å². The summed E-state index contributed by atoms with van der Waals surface area (Å²) in [5.41, 5.74) is 4.21. The first-order valence-corrected chi connectivity index (χ1v) is 11.0. The minimum atomic E-state index is -0.243. The van der Waals surface area contributed by atoms with Gasteiger partial charge in [0.15, 0.2) is 11.0 Å². The number of carbonyl (C=O) groups excluding carboxylic acids is 1. The molecule has 3 rings (SSSR count). The summed E-state index contributed by atoms with van der Waals surface area (Å²) in [5.74, 6) is 1.32. The second-order valence-electron chi connectivity index (χ2n) is 5.84. The van der Waals surface area contributed by atoms with Gasteiger partial charge in [-0.1, -0.05) is 55.8 Å². The van der Waals surface area contributed by atoms with Gasteiger partial charge in [-0.3, -0.25) is 4.79 Å². The topological polar surface area (TPSA) is 81.4 Å². The number of benzene rings is 2. The van der Waals surface area contributed by atoms with E-state index in [0.29, 0.717) is 10.9 Å². The third kappa shape index (κ3) is 5.68. The van der Waals surface area contributed by atoms with Crippen LogP contribution in [0.2, 0.25) is 0 Å². The Labute approximate surface area is 189 Å². The van der Waals surface area contributed by atoms with E-state index in [2.05, 4.69) is 52.6 Å². The Kier molecular flexibility index (Phi) is 7.45. The lowest BCUT2D eigenvalue weighted by atomic mass is 10.2. The average Bonchev–Trinajstić information content (AvgIpc) is 3.07. The number of carbonyl (C=O) groups is 1. The molecule has 0 fully saturated rings. The molecular weight excluding hydrogens is 522 g/mol. The minimum Gasteiger partial charge on any atom is -0.496 e. The summed E-state index contributed by atoms with van der Waals surface area (Å²) in [7, 11) is 3.45. The standard InChI is InChI=1S/C19H17Br2N5O2S/c1-26-18(12-4-3-5-14(20)8-12)24-25-19(26)29-11-17(27)23-22-10-13-9-15(21)6-7-16(13)28-2/h3-10H,11H2,1-2H3,(H,23,27)/b22-10+. The van der Waals surface area contributed by atoms with Crippen LogP contribution in [0.5, 0.6) is 5.75 Å². The number of methoxy groups -OCH3 is 1. The van der Waals surface area contributed by atoms with E-state index in [0.717, 1.165) is 25.9 Å². The predicted octanol–water partition coefficient (Wildman–Crippen LogP) is 4.26. The summed E-state index contributed by atoms with van der Waals surface area (Å²) in [6, 6.07) is 13.4. The van der Waals surface area contributed by atoms with E-state index >= 15 is 0 Å². The molecule has 0 bridgehead atoms. The number of thioether (sulfide) groups is 1. The highest BCUT2D eigenvalue weighted by Crippen LogP contribution is 2.25. The highest BCUT2D eigenvalue weighted by atomic mass is 79.9. The van der Waals surface area contributed by atoms with Gasteiger partial charge in [-0.25, -0.2) is 5.43 Å². The maximum Gasteiger partial charge on any atom is 0.250 e. The third-order valence-electron chi connectivity index (χ3n) is 3.83. The fourth-order valence-corrected chi connectivity index (χ4v) is 3.94. The second-order valence-corrected chi connectivity index (χ2v) is 8.62. The molecule has 0 atom stereocenters. The summed E-state index contributed by atoms with van der Waals surface area (Å²) >= 11 is 8.15. The van der Waals surface area contributed by atoms with Crippen molar-refractivity contribution in [2.24, 2.45) is 12.1 Å². The molecule has 2 aromatic carbocycles. The van der Waals surface area contributed by atoms with E-state index in [9.17, 15) is 4.79 Å². The predicted molar refractivity (Wildman–Crippen MR) is 121 cm³/mol. The highest BCUT2D eigenvalue weighted by Gasteiger charge is 2.13. The van der Waals surface area contributed by atoms with Crippen molar-refractivity contribution < 1.29 is 9.53 Å². The van der Waals surface area contributed by atoms with Crippen LogP contribution in [0.15, 0.2) is 61.7 Å². The molecule has 10 heteroatoms. The van der Waals surface area contributed by atoms with E-state index in [-0.39, 0.29) is 11.7 Å². The van der Waals surface area contributed by atoms with Crippen LogP contribution in [0.3, 0.4) is 0 Å². The molecule has 0 aliphatic carbocycles. The molecule has 0 aliphatic rings. The van der Waals surface area contributed by atoms with Crippen molar-refractivity contribution >= 4 is 55.7 Å². The number of rotatable bonds is 7. The van der Waals surface area contributed by atoms with Crippen molar-refractivity contribution in [1.82, 2.24) is 20.2 Å². The van der Waals surface area contributed by atoms with Gasteiger partial charge in [-0.2, -0.15) is 5.10 Å². The molecule has 7 nitrogen and oxygen atoms in total. The number of nitrogens with zero attached hydrogens (tertiary/aromatic N) is 4. The normalized spacial score (nSPS) is 11.0. The number of amides is 1. The van der Waals surface area contributed by atoms with Crippen LogP contribution in [0, 0.1) is 0 Å². The SMILES string of the molecule is COc1ccc(Br)cc1/C=N/NC(=O)CSc1nnc(-c2cccc(Br)c2)n1C. The summed E-state index contributed by atoms with van der Waals surface area (Å²) in [6.07, 6.45) is 1.54. The highest BCUT2D eigenvalue weighted by molar-refractivity contribution is 9.10. The van der Waals surface area contributed by atoms with E-state index < -0.39 is 0 Å². The average molecular weight is 539 g/mol. The number of halogens is 2. The molecular formula is C19H17Br2N5O2S. The number of hydrazone groups is 1. The van der Waals surface area contributed by atoms with Gasteiger partial charge in [0.25, 0.3) is 5.91 Å². The van der Waals surface area contributed by atoms with E-state index in [1.807, 2.05) is 54.1 Å². The van der Waals surface area contributed by atoms with Crippen LogP contribution in [0.1, 0.15) is 5.56 Å². The lowest BCUT2D eigenvalue weighted by Gasteiger charge is -2.05. The van der Waals surface area contributed by atoms with Crippen molar-refractivity contribution in [3.63, 3.8) is 0 Å². The maximum absolute atomic E-state index is 12.1. The third-order valence-corrected chi connectivity index (χ3v) is 5.84. The lowest BCUT2D eigenvalue weighted by Crippen LogP contribution is -2.20. The molecule has 0 aliphatic heterocycles. The van der Waals surface area contributed by atoms with Gasteiger partial charge in [-0.15, -0.1) is 10.2 Å². The molecule has 3 aromatic rings. The Hall–Kier alpha value is -2.17. The van der Waals surface area contributed by atoms with Gasteiger partial charge in [0.2, 0.25) is 0 Å². The lowest BCUT2D eigenvalue weighted by molar-refractivity contribution is -0.118. The van der Waals surface area contributed by atoms with Crippen LogP contribution in [0.25, 0.3) is 11.4 Å². The number of nitrogens with one attached hydrogen (secondary N) is 1. The summed E-state index contributed by atoms with van der Waals surface area (Å²) < 4.78 is 8.99. The molecule has 0 radical (unpaired) electrons. The Bertz CT molecular complexity index is 1050. The van der Waals surface area contributed by atoms with Crippen molar-refractivity contribution in [3.05, 3.63) is 57.0 Å². The van der Waals surface area contributed by atoms with Gasteiger partial charge in [0.1, 0.15) is 5.75 Å². The van der Waals surface area contributed by atoms with Crippen LogP contribution in [-0.2, 0) is 11.8 Å². The van der Waals surface area contributed by atoms with Gasteiger partial charge in [0, 0.05) is 27.1 Å². The Morgan fingerprint density at radius 2 is 2.03 bits per heavy atom. The number of hydrogen-bond donors (Lipinski definition) is 1. The summed E-state index contributed by atoms with van der Waals surface area (Å²) in [6.45, 7) is 0. The monoisotopic (exact) mass is 537 g/mol. The van der Waals surface area contributed by atoms with E-state index in [1.54, 1.807) is 13.3 Å². The summed E-state index contributed by atoms with van der Waals surface area (Å²) in [4.78, 5) is 12.1. The van der Waals surface area contributed by atoms with Gasteiger partial charge in [0.05, 0.1) is 19.1 Å². The quantitative estimate of drug-likeness (QED) is 0.276. The number of ether oxygens (including phenoxy) is 1. The van der Waals surface area contributed by atoms with E-state index in [1.165, 1.54) is 11.8 Å². The summed E-state index contributed by atoms with van der Waals surface area (Å²) in [5, 5.41) is 13.0. The molecule has 150 valence electrons. The Morgan fingerprint density at radius 1 is 1.24 bits per heavy atom. The van der Waals surface area contributed by atoms with Gasteiger partial charge < -0.3 is 9.30 Å². The molecule has 0 spiro atoms. The fourth-order valence-electron chi connectivity index (χ4n) is 2.46. The zero-order valence-electron chi connectivity index (χ0n) is 15.6. The molecule has 1 N–H and O–H groups in total. The van der Waals surface area contributed by atoms with Crippen molar-refractivity contribution in [2.45, 2.75) is 5.16 Å². The Balaban J connectivity index is 1.58. The molecule has 0 saturated heterocycles. The second kappa shape index (κ2) is 10.0. The fraction of sp³-hybridized carbons (Fsp3) is 0.158. The number of hydrogen-bond acceptors (Lipinski definition) is 6. The van der Waals surface area contributed by atoms with Crippen LogP contribution < -0.4 is 10.2 Å². The molecule has 1 heterocycles. The molecule has 0 unspecified atom stereocenters. The molecule has 1 aromatic heterocycles. The van der Waals surface area contributed by atoms with Crippen LogP contribution in [-0.4, -0.2) is 39.7 Å². The number of aromatic nitrogens is 3. The largest absolute Gasteiger partial charge is 0.496 e. The van der Waals surface area contributed by atoms with E-state index in [4.69, 9.17) is 4.74 Å². The molecule has 29 heavy (non-hydrogen) atoms.